The van der Waals surface area contributed by atoms with Gasteiger partial charge in [-0.05, 0) is 36.1 Å². The average Bonchev–Trinajstić information content (AvgIpc) is 3.58. The lowest BCUT2D eigenvalue weighted by molar-refractivity contribution is -0.131. The van der Waals surface area contributed by atoms with E-state index in [1.807, 2.05) is 78.9 Å². The minimum Gasteiger partial charge on any atom is -0.315 e. The Kier molecular flexibility index (Phi) is 5.16. The number of benzene rings is 3. The maximum Gasteiger partial charge on any atom is 0.326 e. The Morgan fingerprint density at radius 1 is 0.912 bits per heavy atom. The molecule has 0 spiro atoms. The van der Waals surface area contributed by atoms with Crippen molar-refractivity contribution in [2.24, 2.45) is 0 Å². The molecule has 6 nitrogen and oxygen atoms in total. The molecule has 0 radical (unpaired) electrons. The molecule has 2 fully saturated rings. The predicted molar refractivity (Wildman–Crippen MR) is 132 cm³/mol. The summed E-state index contributed by atoms with van der Waals surface area (Å²) in [5.41, 5.74) is 1.28. The molecule has 1 aromatic heterocycles. The fourth-order valence-corrected chi connectivity index (χ4v) is 6.27. The Morgan fingerprint density at radius 2 is 1.56 bits per heavy atom. The molecule has 7 heteroatoms. The SMILES string of the molecule is O=C1NC(c2ccccc2)(c2ccccc2)C(=O)N1CN1CCC[C@@H]1c1nc2ccccc2s1. The van der Waals surface area contributed by atoms with Crippen molar-refractivity contribution in [2.75, 3.05) is 13.2 Å². The molecule has 2 saturated heterocycles. The molecular weight excluding hydrogens is 444 g/mol. The molecule has 4 aromatic rings. The van der Waals surface area contributed by atoms with Crippen LogP contribution in [0, 0.1) is 0 Å². The second kappa shape index (κ2) is 8.34. The van der Waals surface area contributed by atoms with E-state index in [2.05, 4.69) is 16.3 Å². The van der Waals surface area contributed by atoms with Gasteiger partial charge in [0, 0.05) is 6.54 Å². The molecule has 0 unspecified atom stereocenters. The van der Waals surface area contributed by atoms with Crippen LogP contribution < -0.4 is 5.32 Å². The summed E-state index contributed by atoms with van der Waals surface area (Å²) in [7, 11) is 0. The van der Waals surface area contributed by atoms with E-state index in [0.29, 0.717) is 0 Å². The van der Waals surface area contributed by atoms with E-state index in [0.717, 1.165) is 45.7 Å². The van der Waals surface area contributed by atoms with Crippen molar-refractivity contribution in [3.05, 3.63) is 101 Å². The van der Waals surface area contributed by atoms with Gasteiger partial charge in [0.05, 0.1) is 22.9 Å². The molecule has 0 saturated carbocycles. The van der Waals surface area contributed by atoms with Crippen molar-refractivity contribution in [2.45, 2.75) is 24.4 Å². The zero-order valence-corrected chi connectivity index (χ0v) is 19.4. The van der Waals surface area contributed by atoms with Gasteiger partial charge in [-0.15, -0.1) is 11.3 Å². The van der Waals surface area contributed by atoms with Crippen molar-refractivity contribution in [1.29, 1.82) is 0 Å². The maximum atomic E-state index is 14.0. The van der Waals surface area contributed by atoms with Crippen LogP contribution in [0.1, 0.15) is 35.0 Å². The second-order valence-electron chi connectivity index (χ2n) is 8.78. The number of nitrogens with zero attached hydrogens (tertiary/aromatic N) is 3. The van der Waals surface area contributed by atoms with Crippen molar-refractivity contribution in [3.63, 3.8) is 0 Å². The van der Waals surface area contributed by atoms with E-state index in [1.54, 1.807) is 11.3 Å². The van der Waals surface area contributed by atoms with E-state index >= 15 is 0 Å². The number of fused-ring (bicyclic) bond motifs is 1. The van der Waals surface area contributed by atoms with Gasteiger partial charge in [-0.2, -0.15) is 0 Å². The summed E-state index contributed by atoms with van der Waals surface area (Å²) >= 11 is 1.69. The van der Waals surface area contributed by atoms with Gasteiger partial charge in [0.25, 0.3) is 5.91 Å². The number of urea groups is 1. The molecule has 3 aromatic carbocycles. The molecule has 2 aliphatic heterocycles. The van der Waals surface area contributed by atoms with Crippen molar-refractivity contribution in [3.8, 4) is 0 Å². The Hall–Kier alpha value is -3.55. The molecule has 34 heavy (non-hydrogen) atoms. The standard InChI is InChI=1S/C27H24N4O2S/c32-25-27(19-10-3-1-4-11-19,20-12-5-2-6-13-20)29-26(33)31(25)18-30-17-9-15-22(30)24-28-21-14-7-8-16-23(21)34-24/h1-8,10-14,16,22H,9,15,17-18H2,(H,29,33)/t22-/m1/s1. The van der Waals surface area contributed by atoms with Crippen LogP contribution in [0.15, 0.2) is 84.9 Å². The highest BCUT2D eigenvalue weighted by Gasteiger charge is 2.54. The van der Waals surface area contributed by atoms with Gasteiger partial charge in [-0.1, -0.05) is 72.8 Å². The highest BCUT2D eigenvalue weighted by molar-refractivity contribution is 7.18. The van der Waals surface area contributed by atoms with Gasteiger partial charge in [-0.3, -0.25) is 9.69 Å². The van der Waals surface area contributed by atoms with Gasteiger partial charge < -0.3 is 5.32 Å². The maximum absolute atomic E-state index is 14.0. The molecule has 0 bridgehead atoms. The summed E-state index contributed by atoms with van der Waals surface area (Å²) in [6, 6.07) is 26.9. The number of amides is 3. The van der Waals surface area contributed by atoms with Crippen LogP contribution in [-0.2, 0) is 10.3 Å². The minimum atomic E-state index is -1.23. The Labute approximate surface area is 201 Å². The van der Waals surface area contributed by atoms with E-state index in [-0.39, 0.29) is 24.6 Å². The number of carbonyl (C=O) groups is 2. The van der Waals surface area contributed by atoms with Crippen molar-refractivity contribution in [1.82, 2.24) is 20.1 Å². The fraction of sp³-hybridized carbons (Fsp3) is 0.222. The molecule has 170 valence electrons. The van der Waals surface area contributed by atoms with Gasteiger partial charge in [0.15, 0.2) is 5.54 Å². The Bertz CT molecular complexity index is 1280. The van der Waals surface area contributed by atoms with Crippen LogP contribution in [0.4, 0.5) is 4.79 Å². The van der Waals surface area contributed by atoms with Crippen molar-refractivity contribution >= 4 is 33.5 Å². The summed E-state index contributed by atoms with van der Waals surface area (Å²) in [6.07, 6.45) is 1.97. The Balaban J connectivity index is 1.33. The lowest BCUT2D eigenvalue weighted by Crippen LogP contribution is -2.46. The Morgan fingerprint density at radius 3 is 2.24 bits per heavy atom. The molecule has 3 amide bonds. The number of para-hydroxylation sites is 1. The summed E-state index contributed by atoms with van der Waals surface area (Å²) in [6.45, 7) is 1.06. The minimum absolute atomic E-state index is 0.0986. The van der Waals surface area contributed by atoms with Crippen LogP contribution in [0.2, 0.25) is 0 Å². The summed E-state index contributed by atoms with van der Waals surface area (Å²) < 4.78 is 1.16. The number of aromatic nitrogens is 1. The predicted octanol–water partition coefficient (Wildman–Crippen LogP) is 4.89. The molecule has 6 rings (SSSR count). The summed E-state index contributed by atoms with van der Waals surface area (Å²) in [5.74, 6) is -0.246. The largest absolute Gasteiger partial charge is 0.326 e. The molecule has 3 heterocycles. The first-order chi connectivity index (χ1) is 16.7. The van der Waals surface area contributed by atoms with E-state index < -0.39 is 5.54 Å². The number of thiazole rings is 1. The zero-order valence-electron chi connectivity index (χ0n) is 18.6. The van der Waals surface area contributed by atoms with E-state index in [1.165, 1.54) is 4.90 Å². The van der Waals surface area contributed by atoms with Crippen molar-refractivity contribution < 1.29 is 9.59 Å². The average molecular weight is 469 g/mol. The van der Waals surface area contributed by atoms with Crippen LogP contribution in [0.3, 0.4) is 0 Å². The van der Waals surface area contributed by atoms with Crippen LogP contribution in [0.25, 0.3) is 10.2 Å². The number of likely N-dealkylation sites (tertiary alicyclic amines) is 1. The fourth-order valence-electron chi connectivity index (χ4n) is 5.13. The third kappa shape index (κ3) is 3.31. The lowest BCUT2D eigenvalue weighted by Gasteiger charge is -2.30. The number of hydrogen-bond donors (Lipinski definition) is 1. The van der Waals surface area contributed by atoms with Gasteiger partial charge in [-0.25, -0.2) is 14.7 Å². The van der Waals surface area contributed by atoms with Crippen LogP contribution in [-0.4, -0.2) is 39.9 Å². The lowest BCUT2D eigenvalue weighted by atomic mass is 9.83. The molecular formula is C27H24N4O2S. The first-order valence-electron chi connectivity index (χ1n) is 11.5. The summed E-state index contributed by atoms with van der Waals surface area (Å²) in [5, 5.41) is 4.09. The quantitative estimate of drug-likeness (QED) is 0.424. The molecule has 1 atom stereocenters. The number of hydrogen-bond acceptors (Lipinski definition) is 5. The zero-order chi connectivity index (χ0) is 23.1. The van der Waals surface area contributed by atoms with Gasteiger partial charge in [0.1, 0.15) is 5.01 Å². The van der Waals surface area contributed by atoms with E-state index in [4.69, 9.17) is 4.98 Å². The monoisotopic (exact) mass is 468 g/mol. The third-order valence-electron chi connectivity index (χ3n) is 6.80. The highest BCUT2D eigenvalue weighted by atomic mass is 32.1. The first-order valence-corrected chi connectivity index (χ1v) is 12.3. The molecule has 2 aliphatic rings. The first kappa shape index (κ1) is 21.0. The second-order valence-corrected chi connectivity index (χ2v) is 9.84. The molecule has 0 aliphatic carbocycles. The van der Waals surface area contributed by atoms with Gasteiger partial charge >= 0.3 is 6.03 Å². The highest BCUT2D eigenvalue weighted by Crippen LogP contribution is 2.39. The van der Waals surface area contributed by atoms with Crippen LogP contribution >= 0.6 is 11.3 Å². The normalized spacial score (nSPS) is 20.2. The topological polar surface area (TPSA) is 65.5 Å². The van der Waals surface area contributed by atoms with E-state index in [9.17, 15) is 9.59 Å². The number of carbonyl (C=O) groups excluding carboxylic acids is 2. The number of rotatable bonds is 5. The van der Waals surface area contributed by atoms with Gasteiger partial charge in [0.2, 0.25) is 0 Å². The van der Waals surface area contributed by atoms with Crippen LogP contribution in [0.5, 0.6) is 0 Å². The number of imide groups is 1. The number of nitrogens with one attached hydrogen (secondary N) is 1. The third-order valence-corrected chi connectivity index (χ3v) is 7.94. The smallest absolute Gasteiger partial charge is 0.315 e. The molecule has 1 N–H and O–H groups in total. The summed E-state index contributed by atoms with van der Waals surface area (Å²) in [4.78, 5) is 35.7.